The first-order valence-corrected chi connectivity index (χ1v) is 16.4. The molecule has 0 aromatic carbocycles. The third kappa shape index (κ3) is 5.06. The zero-order chi connectivity index (χ0) is 31.0. The second-order valence-corrected chi connectivity index (χ2v) is 13.8. The highest BCUT2D eigenvalue weighted by Crippen LogP contribution is 2.54. The smallest absolute Gasteiger partial charge is 0.397 e. The molecule has 3 saturated heterocycles. The molecule has 0 spiro atoms. The summed E-state index contributed by atoms with van der Waals surface area (Å²) in [6.07, 6.45) is -6.39. The number of nitrogens with two attached hydrogens (primary N) is 2. The number of fused-ring (bicyclic) bond motifs is 5. The lowest BCUT2D eigenvalue weighted by molar-refractivity contribution is -0.0557. The van der Waals surface area contributed by atoms with Gasteiger partial charge in [-0.1, -0.05) is 0 Å². The molecule has 19 nitrogen and oxygen atoms in total. The Kier molecular flexibility index (Phi) is 7.21. The molecule has 0 amide bonds. The van der Waals surface area contributed by atoms with Crippen molar-refractivity contribution in [1.82, 2.24) is 34.1 Å². The third-order valence-corrected chi connectivity index (χ3v) is 10.2. The second-order valence-electron chi connectivity index (χ2n) is 10.5. The van der Waals surface area contributed by atoms with Crippen LogP contribution in [0.5, 0.6) is 0 Å². The van der Waals surface area contributed by atoms with Crippen LogP contribution >= 0.6 is 15.4 Å². The van der Waals surface area contributed by atoms with Crippen LogP contribution in [0, 0.1) is 5.92 Å². The van der Waals surface area contributed by atoms with Crippen LogP contribution in [0.1, 0.15) is 12.5 Å². The lowest BCUT2D eigenvalue weighted by Gasteiger charge is -2.25. The third-order valence-electron chi connectivity index (χ3n) is 7.73. The van der Waals surface area contributed by atoms with Crippen LogP contribution in [0.15, 0.2) is 31.2 Å². The number of pyridine rings is 1. The fraction of sp³-hybridized carbons (Fsp3) is 0.500. The molecule has 44 heavy (non-hydrogen) atoms. The van der Waals surface area contributed by atoms with Crippen LogP contribution < -0.4 is 11.5 Å². The molecule has 7 heterocycles. The Hall–Kier alpha value is -3.16. The monoisotopic (exact) mass is 657 g/mol. The Bertz CT molecular complexity index is 1830. The van der Waals surface area contributed by atoms with Crippen molar-refractivity contribution >= 4 is 49.3 Å². The van der Waals surface area contributed by atoms with Gasteiger partial charge < -0.3 is 40.4 Å². The van der Waals surface area contributed by atoms with E-state index in [1.165, 1.54) is 40.4 Å². The number of ether oxygens (including phenoxy) is 2. The predicted octanol–water partition coefficient (Wildman–Crippen LogP) is 0.263. The van der Waals surface area contributed by atoms with Crippen molar-refractivity contribution in [2.24, 2.45) is 5.92 Å². The molecule has 4 aromatic heterocycles. The van der Waals surface area contributed by atoms with Crippen molar-refractivity contribution in [3.8, 4) is 0 Å². The van der Waals surface area contributed by atoms with Crippen molar-refractivity contribution in [1.29, 1.82) is 0 Å². The summed E-state index contributed by atoms with van der Waals surface area (Å²) in [7, 11) is -9.63. The standard InChI is InChI=1S/C22H26FN9O10P2/c23-13-17-12(41-22(13)32-7-29-14-10(24)1-2-26-19(14)32)4-38-43(34,35)5-9-16(33)11(3-39-44(36,37)42-17)40-21(9)31-8-30-15-18(25)27-6-28-20(15)31/h1-2,6-9,11-13,16-17,21-22,33H,3-5H2,(H2,24,26)(H,34,35)(H,36,37)(H2,25,27,28)/t9-,11-,12-,13-,16+,17-,21-,22-/m1/s1. The van der Waals surface area contributed by atoms with Gasteiger partial charge in [0.05, 0.1) is 43.8 Å². The number of anilines is 2. The number of imidazole rings is 2. The molecule has 3 aliphatic rings. The van der Waals surface area contributed by atoms with E-state index in [1.54, 1.807) is 0 Å². The van der Waals surface area contributed by atoms with Gasteiger partial charge in [-0.15, -0.1) is 0 Å². The summed E-state index contributed by atoms with van der Waals surface area (Å²) in [6.45, 7) is -1.46. The van der Waals surface area contributed by atoms with Crippen LogP contribution in [0.4, 0.5) is 15.9 Å². The Morgan fingerprint density at radius 2 is 1.59 bits per heavy atom. The van der Waals surface area contributed by atoms with E-state index in [1.807, 2.05) is 0 Å². The largest absolute Gasteiger partial charge is 0.472 e. The summed E-state index contributed by atoms with van der Waals surface area (Å²) in [4.78, 5) is 41.9. The number of halogens is 1. The van der Waals surface area contributed by atoms with E-state index in [4.69, 9.17) is 34.5 Å². The fourth-order valence-electron chi connectivity index (χ4n) is 5.65. The van der Waals surface area contributed by atoms with Gasteiger partial charge in [-0.3, -0.25) is 22.7 Å². The van der Waals surface area contributed by atoms with Crippen LogP contribution in [-0.2, 0) is 32.2 Å². The van der Waals surface area contributed by atoms with E-state index in [0.29, 0.717) is 0 Å². The molecule has 22 heteroatoms. The molecule has 7 N–H and O–H groups in total. The number of hydrogen-bond donors (Lipinski definition) is 5. The van der Waals surface area contributed by atoms with Crippen molar-refractivity contribution in [2.75, 3.05) is 30.8 Å². The molecule has 0 aliphatic carbocycles. The van der Waals surface area contributed by atoms with Crippen molar-refractivity contribution in [2.45, 2.75) is 43.0 Å². The van der Waals surface area contributed by atoms with E-state index in [0.717, 1.165) is 0 Å². The summed E-state index contributed by atoms with van der Waals surface area (Å²) < 4.78 is 72.3. The van der Waals surface area contributed by atoms with Crippen LogP contribution in [0.3, 0.4) is 0 Å². The van der Waals surface area contributed by atoms with Gasteiger partial charge in [0.1, 0.15) is 41.9 Å². The van der Waals surface area contributed by atoms with Crippen molar-refractivity contribution in [3.05, 3.63) is 31.2 Å². The Balaban J connectivity index is 1.20. The molecule has 10 atom stereocenters. The predicted molar refractivity (Wildman–Crippen MR) is 145 cm³/mol. The molecule has 7 rings (SSSR count). The Morgan fingerprint density at radius 3 is 2.39 bits per heavy atom. The zero-order valence-electron chi connectivity index (χ0n) is 22.4. The van der Waals surface area contributed by atoms with Crippen molar-refractivity contribution in [3.63, 3.8) is 0 Å². The summed E-state index contributed by atoms with van der Waals surface area (Å²) in [5.74, 6) is -1.07. The van der Waals surface area contributed by atoms with Crippen molar-refractivity contribution < 1.29 is 51.5 Å². The topological polar surface area (TPSA) is 267 Å². The number of hydrogen-bond acceptors (Lipinski definition) is 15. The van der Waals surface area contributed by atoms with Gasteiger partial charge in [-0.05, 0) is 6.07 Å². The number of alkyl halides is 1. The number of aliphatic hydroxyl groups excluding tert-OH is 1. The maximum atomic E-state index is 15.9. The molecule has 0 radical (unpaired) electrons. The van der Waals surface area contributed by atoms with Gasteiger partial charge in [0.15, 0.2) is 29.5 Å². The molecule has 2 bridgehead atoms. The average Bonchev–Trinajstić information content (AvgIpc) is 3.73. The van der Waals surface area contributed by atoms with Crippen LogP contribution in [0.25, 0.3) is 22.3 Å². The van der Waals surface area contributed by atoms with Gasteiger partial charge in [-0.2, -0.15) is 0 Å². The number of nitrogens with zero attached hydrogens (tertiary/aromatic N) is 7. The summed E-state index contributed by atoms with van der Waals surface area (Å²) in [5, 5.41) is 11.1. The van der Waals surface area contributed by atoms with Crippen LogP contribution in [0.2, 0.25) is 0 Å². The van der Waals surface area contributed by atoms with Gasteiger partial charge in [-0.25, -0.2) is 33.9 Å². The van der Waals surface area contributed by atoms with Gasteiger partial charge in [0.25, 0.3) is 0 Å². The highest BCUT2D eigenvalue weighted by molar-refractivity contribution is 7.52. The quantitative estimate of drug-likeness (QED) is 0.181. The number of aromatic nitrogens is 7. The van der Waals surface area contributed by atoms with E-state index < -0.39 is 83.8 Å². The van der Waals surface area contributed by atoms with Crippen LogP contribution in [-0.4, -0.2) is 98.9 Å². The minimum Gasteiger partial charge on any atom is -0.397 e. The minimum atomic E-state index is -5.05. The zero-order valence-corrected chi connectivity index (χ0v) is 24.2. The Labute approximate surface area is 246 Å². The van der Waals surface area contributed by atoms with Gasteiger partial charge >= 0.3 is 15.4 Å². The highest BCUT2D eigenvalue weighted by atomic mass is 31.2. The van der Waals surface area contributed by atoms with Gasteiger partial charge in [0, 0.05) is 12.1 Å². The first-order chi connectivity index (χ1) is 20.9. The minimum absolute atomic E-state index is 0.0685. The second kappa shape index (κ2) is 10.7. The lowest BCUT2D eigenvalue weighted by atomic mass is 10.0. The SMILES string of the molecule is Nc1ccnc2c1ncn2[C@@H]1O[C@@H]2COP(=O)(O)C[C@@H]3[C@H](O)[C@@H](COP(=O)(O)O[C@H]2[C@H]1F)O[C@H]3n1cnc2c(N)ncnc21. The molecular weight excluding hydrogens is 631 g/mol. The number of aliphatic hydroxyl groups is 1. The summed E-state index contributed by atoms with van der Waals surface area (Å²) in [6, 6.07) is 1.50. The normalized spacial score (nSPS) is 38.3. The first-order valence-electron chi connectivity index (χ1n) is 13.2. The number of rotatable bonds is 2. The number of nitrogen functional groups attached to an aromatic ring is 2. The number of phosphoric ester groups is 1. The average molecular weight is 657 g/mol. The molecule has 2 unspecified atom stereocenters. The summed E-state index contributed by atoms with van der Waals surface area (Å²) >= 11 is 0. The van der Waals surface area contributed by atoms with E-state index in [-0.39, 0.29) is 33.8 Å². The Morgan fingerprint density at radius 1 is 0.909 bits per heavy atom. The molecule has 4 aromatic rings. The van der Waals surface area contributed by atoms with E-state index in [2.05, 4.69) is 24.9 Å². The summed E-state index contributed by atoms with van der Waals surface area (Å²) in [5.41, 5.74) is 12.9. The first kappa shape index (κ1) is 29.5. The fourth-order valence-corrected chi connectivity index (χ4v) is 8.02. The highest BCUT2D eigenvalue weighted by Gasteiger charge is 2.54. The van der Waals surface area contributed by atoms with Gasteiger partial charge in [0.2, 0.25) is 0 Å². The molecule has 236 valence electrons. The lowest BCUT2D eigenvalue weighted by Crippen LogP contribution is -2.34. The number of phosphoric acid groups is 1. The molecule has 0 saturated carbocycles. The van der Waals surface area contributed by atoms with E-state index in [9.17, 15) is 24.0 Å². The van der Waals surface area contributed by atoms with E-state index >= 15 is 4.39 Å². The maximum Gasteiger partial charge on any atom is 0.472 e. The molecule has 3 aliphatic heterocycles. The molecule has 3 fully saturated rings. The maximum absolute atomic E-state index is 15.9. The molecular formula is C22H26FN9O10P2.